The van der Waals surface area contributed by atoms with Crippen molar-refractivity contribution in [2.24, 2.45) is 0 Å². The molecular weight excluding hydrogens is 1540 g/mol. The average Bonchev–Trinajstić information content (AvgIpc) is 1.56. The van der Waals surface area contributed by atoms with E-state index < -0.39 is 0 Å². The molecule has 0 radical (unpaired) electrons. The van der Waals surface area contributed by atoms with Crippen LogP contribution in [-0.2, 0) is 0 Å². The molecule has 0 N–H and O–H groups in total. The van der Waals surface area contributed by atoms with Crippen LogP contribution in [0.25, 0.3) is 233 Å². The van der Waals surface area contributed by atoms with Crippen LogP contribution >= 0.6 is 0 Å². The van der Waals surface area contributed by atoms with E-state index in [0.717, 1.165) is 111 Å². The van der Waals surface area contributed by atoms with Gasteiger partial charge in [0.05, 0.1) is 71.9 Å². The molecule has 11 heteroatoms. The number of nitrogens with zero attached hydrogens (tertiary/aromatic N) is 11. The molecule has 26 rings (SSSR count). The quantitative estimate of drug-likeness (QED) is 0.121. The minimum absolute atomic E-state index is 0.574. The second-order valence-corrected chi connectivity index (χ2v) is 32.2. The Bertz CT molecular complexity index is 8190. The van der Waals surface area contributed by atoms with Crippen LogP contribution in [0, 0.1) is 0 Å². The Kier molecular flexibility index (Phi) is 16.7. The van der Waals surface area contributed by atoms with Crippen molar-refractivity contribution in [3.63, 3.8) is 0 Å². The largest absolute Gasteiger partial charge is 0.309 e. The molecule has 0 saturated heterocycles. The summed E-state index contributed by atoms with van der Waals surface area (Å²) in [6.45, 7) is 0. The van der Waals surface area contributed by atoms with E-state index in [4.69, 9.17) is 24.9 Å². The Hall–Kier alpha value is -17.2. The fourth-order valence-corrected chi connectivity index (χ4v) is 19.8. The van der Waals surface area contributed by atoms with E-state index in [0.29, 0.717) is 23.4 Å². The summed E-state index contributed by atoms with van der Waals surface area (Å²) in [5.41, 5.74) is 27.6. The first kappa shape index (κ1) is 71.7. The van der Waals surface area contributed by atoms with E-state index in [2.05, 4.69) is 410 Å². The van der Waals surface area contributed by atoms with Crippen LogP contribution in [0.4, 0.5) is 0 Å². The molecule has 588 valence electrons. The van der Waals surface area contributed by atoms with Gasteiger partial charge in [0, 0.05) is 116 Å². The van der Waals surface area contributed by atoms with Crippen molar-refractivity contribution in [1.29, 1.82) is 0 Å². The highest BCUT2D eigenvalue weighted by atomic mass is 15.2. The van der Waals surface area contributed by atoms with Gasteiger partial charge in [-0.2, -0.15) is 9.97 Å². The number of aromatic nitrogens is 11. The second-order valence-electron chi connectivity index (χ2n) is 32.2. The number of hydrogen-bond acceptors (Lipinski definition) is 5. The van der Waals surface area contributed by atoms with Crippen molar-refractivity contribution in [2.45, 2.75) is 0 Å². The van der Waals surface area contributed by atoms with Gasteiger partial charge in [-0.15, -0.1) is 0 Å². The Morgan fingerprint density at radius 3 is 0.802 bits per heavy atom. The van der Waals surface area contributed by atoms with Gasteiger partial charge in [-0.3, -0.25) is 9.13 Å². The van der Waals surface area contributed by atoms with Crippen molar-refractivity contribution < 1.29 is 0 Å². The number of benzene rings is 18. The summed E-state index contributed by atoms with van der Waals surface area (Å²) < 4.78 is 14.2. The molecule has 0 fully saturated rings. The zero-order valence-electron chi connectivity index (χ0n) is 68.1. The van der Waals surface area contributed by atoms with Crippen LogP contribution in [0.3, 0.4) is 0 Å². The maximum absolute atomic E-state index is 5.31. The number of fused-ring (bicyclic) bond motifs is 18. The normalized spacial score (nSPS) is 11.8. The van der Waals surface area contributed by atoms with Crippen LogP contribution < -0.4 is 0 Å². The molecule has 0 aliphatic carbocycles. The molecule has 0 saturated carbocycles. The Morgan fingerprint density at radius 1 is 0.151 bits per heavy atom. The van der Waals surface area contributed by atoms with Crippen molar-refractivity contribution in [1.82, 2.24) is 52.3 Å². The van der Waals surface area contributed by atoms with Gasteiger partial charge in [-0.1, -0.05) is 315 Å². The van der Waals surface area contributed by atoms with Crippen molar-refractivity contribution in [3.05, 3.63) is 443 Å². The average molecular weight is 1610 g/mol. The van der Waals surface area contributed by atoms with Gasteiger partial charge in [0.1, 0.15) is 5.82 Å². The third kappa shape index (κ3) is 11.5. The summed E-state index contributed by atoms with van der Waals surface area (Å²) in [5.74, 6) is 3.34. The van der Waals surface area contributed by atoms with E-state index in [1.54, 1.807) is 0 Å². The highest BCUT2D eigenvalue weighted by Crippen LogP contribution is 2.49. The number of hydrogen-bond donors (Lipinski definition) is 0. The Morgan fingerprint density at radius 2 is 0.421 bits per heavy atom. The van der Waals surface area contributed by atoms with Crippen LogP contribution in [0.2, 0.25) is 0 Å². The molecule has 0 aliphatic rings. The fraction of sp³-hybridized carbons (Fsp3) is 0. The number of rotatable bonds is 12. The minimum atomic E-state index is 0.574. The lowest BCUT2D eigenvalue weighted by Gasteiger charge is -2.13. The molecule has 8 aromatic heterocycles. The standard InChI is InChI=1S/C58H37N5.C57H36N6/c1-4-18-38(19-5-1)48-37-55(60-58(59-48)39-20-6-2-7-21-39)63-51-31-15-12-26-46(51)57-44(28-17-33-54(57)63)43-27-16-32-53-56(43)45-25-11-14-30-50(45)62(53)41-34-35-52-47(36-41)42-24-10-13-29-49(42)61(52)40-22-8-3-9-23-40;1-4-18-37(19-5-1)55-58-56(38-20-6-2-7-21-38)60-57(59-55)63-49-31-15-12-26-45(49)54-43(28-17-33-52(54)63)42-27-16-32-51-53(42)44-25-11-14-30-48(44)62(51)40-34-35-50-46(36-40)41-24-10-13-29-47(41)61(50)39-22-8-3-9-23-39/h1-37H;1-36H. The zero-order chi connectivity index (χ0) is 82.9. The minimum Gasteiger partial charge on any atom is -0.309 e. The van der Waals surface area contributed by atoms with Gasteiger partial charge in [-0.25, -0.2) is 15.0 Å². The van der Waals surface area contributed by atoms with Gasteiger partial charge in [0.25, 0.3) is 0 Å². The van der Waals surface area contributed by atoms with Crippen LogP contribution in [-0.4, -0.2) is 52.3 Å². The second kappa shape index (κ2) is 29.3. The molecule has 0 bridgehead atoms. The molecule has 11 nitrogen and oxygen atoms in total. The van der Waals surface area contributed by atoms with Crippen LogP contribution in [0.15, 0.2) is 443 Å². The van der Waals surface area contributed by atoms with Gasteiger partial charge in [-0.05, 0) is 144 Å². The summed E-state index contributed by atoms with van der Waals surface area (Å²) in [5, 5.41) is 14.4. The van der Waals surface area contributed by atoms with Gasteiger partial charge in [0.15, 0.2) is 17.5 Å². The molecule has 18 aromatic carbocycles. The zero-order valence-corrected chi connectivity index (χ0v) is 68.1. The molecule has 0 aliphatic heterocycles. The van der Waals surface area contributed by atoms with E-state index in [-0.39, 0.29) is 0 Å². The SMILES string of the molecule is c1ccc(-c2cc(-n3c4ccccc4c4c(-c5cccc6c5c5ccccc5n6-c5ccc6c(c5)c5ccccc5n6-c5ccccc5)cccc43)nc(-c3ccccc3)n2)cc1.c1ccc(-c2nc(-c3ccccc3)nc(-n3c4ccccc4c4c(-c5cccc6c5c5ccccc5n6-c5ccc6c(c5)c5ccccc5n6-c5ccccc5)cccc43)n2)cc1. The van der Waals surface area contributed by atoms with E-state index in [9.17, 15) is 0 Å². The van der Waals surface area contributed by atoms with Gasteiger partial charge >= 0.3 is 0 Å². The highest BCUT2D eigenvalue weighted by molar-refractivity contribution is 6.25. The summed E-state index contributed by atoms with van der Waals surface area (Å²) in [6.07, 6.45) is 0. The topological polar surface area (TPSA) is 94.0 Å². The van der Waals surface area contributed by atoms with E-state index in [1.807, 2.05) is 60.7 Å². The summed E-state index contributed by atoms with van der Waals surface area (Å²) in [7, 11) is 0. The van der Waals surface area contributed by atoms with E-state index in [1.165, 1.54) is 98.1 Å². The van der Waals surface area contributed by atoms with Crippen LogP contribution in [0.1, 0.15) is 0 Å². The molecular formula is C115H73N11. The molecule has 8 heterocycles. The summed E-state index contributed by atoms with van der Waals surface area (Å²) >= 11 is 0. The predicted octanol–water partition coefficient (Wildman–Crippen LogP) is 28.9. The molecule has 0 spiro atoms. The number of para-hydroxylation sites is 8. The Balaban J connectivity index is 0.000000137. The Labute approximate surface area is 723 Å². The monoisotopic (exact) mass is 1610 g/mol. The first-order chi connectivity index (χ1) is 62.6. The lowest BCUT2D eigenvalue weighted by Crippen LogP contribution is -2.06. The lowest BCUT2D eigenvalue weighted by atomic mass is 9.95. The van der Waals surface area contributed by atoms with Gasteiger partial charge in [0.2, 0.25) is 5.95 Å². The molecule has 126 heavy (non-hydrogen) atoms. The molecule has 0 atom stereocenters. The molecule has 0 unspecified atom stereocenters. The third-order valence-electron chi connectivity index (χ3n) is 25.2. The van der Waals surface area contributed by atoms with Crippen molar-refractivity contribution >= 4 is 131 Å². The maximum Gasteiger partial charge on any atom is 0.238 e. The van der Waals surface area contributed by atoms with E-state index >= 15 is 0 Å². The fourth-order valence-electron chi connectivity index (χ4n) is 19.8. The molecule has 26 aromatic rings. The smallest absolute Gasteiger partial charge is 0.238 e. The lowest BCUT2D eigenvalue weighted by molar-refractivity contribution is 0.953. The molecule has 0 amide bonds. The summed E-state index contributed by atoms with van der Waals surface area (Å²) in [4.78, 5) is 25.8. The maximum atomic E-state index is 5.31. The van der Waals surface area contributed by atoms with Gasteiger partial charge < -0.3 is 18.3 Å². The first-order valence-corrected chi connectivity index (χ1v) is 42.7. The summed E-state index contributed by atoms with van der Waals surface area (Å²) in [6, 6.07) is 158. The third-order valence-corrected chi connectivity index (χ3v) is 25.2. The first-order valence-electron chi connectivity index (χ1n) is 42.7. The van der Waals surface area contributed by atoms with Crippen LogP contribution in [0.5, 0.6) is 0 Å². The highest BCUT2D eigenvalue weighted by Gasteiger charge is 2.27. The van der Waals surface area contributed by atoms with Crippen molar-refractivity contribution in [3.8, 4) is 102 Å². The van der Waals surface area contributed by atoms with Crippen molar-refractivity contribution in [2.75, 3.05) is 0 Å². The predicted molar refractivity (Wildman–Crippen MR) is 521 cm³/mol.